The number of halogens is 3. The van der Waals surface area contributed by atoms with Crippen molar-refractivity contribution in [2.75, 3.05) is 6.54 Å². The lowest BCUT2D eigenvalue weighted by molar-refractivity contribution is -0.137. The summed E-state index contributed by atoms with van der Waals surface area (Å²) >= 11 is 0. The summed E-state index contributed by atoms with van der Waals surface area (Å²) in [5, 5.41) is 4.97. The van der Waals surface area contributed by atoms with Crippen LogP contribution in [0.15, 0.2) is 24.3 Å². The molecule has 0 aromatic heterocycles. The largest absolute Gasteiger partial charge is 0.444 e. The summed E-state index contributed by atoms with van der Waals surface area (Å²) in [6, 6.07) is 2.99. The van der Waals surface area contributed by atoms with Gasteiger partial charge in [0, 0.05) is 6.54 Å². The van der Waals surface area contributed by atoms with E-state index in [1.54, 1.807) is 20.8 Å². The smallest absolute Gasteiger partial charge is 0.416 e. The van der Waals surface area contributed by atoms with Crippen molar-refractivity contribution in [3.05, 3.63) is 35.4 Å². The predicted molar refractivity (Wildman–Crippen MR) is 91.4 cm³/mol. The molecule has 0 radical (unpaired) electrons. The Morgan fingerprint density at radius 1 is 1.15 bits per heavy atom. The normalized spacial score (nSPS) is 13.3. The van der Waals surface area contributed by atoms with Gasteiger partial charge in [-0.1, -0.05) is 26.0 Å². The van der Waals surface area contributed by atoms with Gasteiger partial charge in [0.25, 0.3) is 0 Å². The molecule has 2 amide bonds. The molecule has 146 valence electrons. The van der Waals surface area contributed by atoms with Crippen molar-refractivity contribution >= 4 is 12.0 Å². The molecule has 0 fully saturated rings. The van der Waals surface area contributed by atoms with Crippen LogP contribution in [0.1, 0.15) is 51.8 Å². The minimum absolute atomic E-state index is 0.0203. The Labute approximate surface area is 151 Å². The van der Waals surface area contributed by atoms with E-state index < -0.39 is 35.4 Å². The average molecular weight is 374 g/mol. The van der Waals surface area contributed by atoms with Gasteiger partial charge in [-0.05, 0) is 44.4 Å². The van der Waals surface area contributed by atoms with Gasteiger partial charge in [-0.15, -0.1) is 0 Å². The number of carbonyl (C=O) groups is 2. The van der Waals surface area contributed by atoms with Crippen LogP contribution in [0.2, 0.25) is 0 Å². The lowest BCUT2D eigenvalue weighted by Crippen LogP contribution is -2.43. The fraction of sp³-hybridized carbons (Fsp3) is 0.556. The monoisotopic (exact) mass is 374 g/mol. The third-order valence-corrected chi connectivity index (χ3v) is 3.16. The van der Waals surface area contributed by atoms with Crippen LogP contribution in [0, 0.1) is 5.92 Å². The van der Waals surface area contributed by atoms with E-state index in [1.165, 1.54) is 12.1 Å². The zero-order chi connectivity index (χ0) is 20.1. The van der Waals surface area contributed by atoms with E-state index in [4.69, 9.17) is 4.74 Å². The van der Waals surface area contributed by atoms with E-state index in [0.29, 0.717) is 6.54 Å². The van der Waals surface area contributed by atoms with Crippen molar-refractivity contribution < 1.29 is 27.5 Å². The molecule has 5 nitrogen and oxygen atoms in total. The SMILES string of the molecule is CC(C)CNC(=O)C(NC(=O)OC(C)(C)C)c1cccc(C(F)(F)F)c1. The quantitative estimate of drug-likeness (QED) is 0.817. The summed E-state index contributed by atoms with van der Waals surface area (Å²) in [6.45, 7) is 9.01. The molecule has 0 aliphatic rings. The molecule has 1 atom stereocenters. The third-order valence-electron chi connectivity index (χ3n) is 3.16. The van der Waals surface area contributed by atoms with Crippen LogP contribution in [0.4, 0.5) is 18.0 Å². The van der Waals surface area contributed by atoms with Gasteiger partial charge in [0.05, 0.1) is 5.56 Å². The number of alkyl carbamates (subject to hydrolysis) is 1. The molecule has 0 saturated heterocycles. The fourth-order valence-electron chi connectivity index (χ4n) is 2.03. The maximum Gasteiger partial charge on any atom is 0.416 e. The molecular formula is C18H25F3N2O3. The van der Waals surface area contributed by atoms with Crippen LogP contribution in [-0.4, -0.2) is 24.1 Å². The van der Waals surface area contributed by atoms with Crippen molar-refractivity contribution in [3.8, 4) is 0 Å². The highest BCUT2D eigenvalue weighted by atomic mass is 19.4. The van der Waals surface area contributed by atoms with Crippen molar-refractivity contribution in [3.63, 3.8) is 0 Å². The first kappa shape index (κ1) is 21.8. The van der Waals surface area contributed by atoms with Crippen LogP contribution >= 0.6 is 0 Å². The lowest BCUT2D eigenvalue weighted by Gasteiger charge is -2.24. The summed E-state index contributed by atoms with van der Waals surface area (Å²) < 4.78 is 44.0. The number of alkyl halides is 3. The second-order valence-electron chi connectivity index (χ2n) is 7.34. The van der Waals surface area contributed by atoms with Crippen LogP contribution in [0.3, 0.4) is 0 Å². The van der Waals surface area contributed by atoms with Gasteiger partial charge in [-0.2, -0.15) is 13.2 Å². The standard InChI is InChI=1S/C18H25F3N2O3/c1-11(2)10-22-15(24)14(23-16(25)26-17(3,4)5)12-7-6-8-13(9-12)18(19,20)21/h6-9,11,14H,10H2,1-5H3,(H,22,24)(H,23,25). The van der Waals surface area contributed by atoms with Gasteiger partial charge in [0.15, 0.2) is 0 Å². The first-order valence-corrected chi connectivity index (χ1v) is 8.24. The minimum atomic E-state index is -4.55. The van der Waals surface area contributed by atoms with Crippen LogP contribution in [0.25, 0.3) is 0 Å². The Balaban J connectivity index is 3.11. The Bertz CT molecular complexity index is 637. The molecule has 26 heavy (non-hydrogen) atoms. The molecule has 0 saturated carbocycles. The van der Waals surface area contributed by atoms with Gasteiger partial charge in [0.2, 0.25) is 5.91 Å². The molecule has 0 aliphatic carbocycles. The summed E-state index contributed by atoms with van der Waals surface area (Å²) in [4.78, 5) is 24.5. The van der Waals surface area contributed by atoms with E-state index in [0.717, 1.165) is 12.1 Å². The van der Waals surface area contributed by atoms with E-state index in [2.05, 4.69) is 10.6 Å². The van der Waals surface area contributed by atoms with Crippen molar-refractivity contribution in [2.24, 2.45) is 5.92 Å². The Hall–Kier alpha value is -2.25. The van der Waals surface area contributed by atoms with Crippen LogP contribution < -0.4 is 10.6 Å². The van der Waals surface area contributed by atoms with Gasteiger partial charge >= 0.3 is 12.3 Å². The molecule has 8 heteroatoms. The molecule has 1 aromatic carbocycles. The Morgan fingerprint density at radius 3 is 2.27 bits per heavy atom. The van der Waals surface area contributed by atoms with Gasteiger partial charge in [-0.3, -0.25) is 4.79 Å². The molecule has 1 rings (SSSR count). The molecular weight excluding hydrogens is 349 g/mol. The van der Waals surface area contributed by atoms with E-state index >= 15 is 0 Å². The number of amides is 2. The molecule has 0 spiro atoms. The number of hydrogen-bond acceptors (Lipinski definition) is 3. The lowest BCUT2D eigenvalue weighted by atomic mass is 10.0. The molecule has 0 bridgehead atoms. The number of hydrogen-bond donors (Lipinski definition) is 2. The molecule has 1 unspecified atom stereocenters. The van der Waals surface area contributed by atoms with Crippen molar-refractivity contribution in [1.82, 2.24) is 10.6 Å². The summed E-state index contributed by atoms with van der Waals surface area (Å²) in [5.41, 5.74) is -1.69. The first-order chi connectivity index (χ1) is 11.8. The summed E-state index contributed by atoms with van der Waals surface area (Å²) in [5.74, 6) is -0.466. The third kappa shape index (κ3) is 7.33. The number of carbonyl (C=O) groups excluding carboxylic acids is 2. The highest BCUT2D eigenvalue weighted by Crippen LogP contribution is 2.31. The van der Waals surface area contributed by atoms with E-state index in [1.807, 2.05) is 13.8 Å². The predicted octanol–water partition coefficient (Wildman–Crippen LogP) is 4.04. The number of rotatable bonds is 5. The first-order valence-electron chi connectivity index (χ1n) is 8.24. The molecule has 0 aliphatic heterocycles. The van der Waals surface area contributed by atoms with Crippen molar-refractivity contribution in [2.45, 2.75) is 52.4 Å². The molecule has 0 heterocycles. The maximum absolute atomic E-state index is 13.0. The maximum atomic E-state index is 13.0. The molecule has 2 N–H and O–H groups in total. The highest BCUT2D eigenvalue weighted by molar-refractivity contribution is 5.87. The number of nitrogens with one attached hydrogen (secondary N) is 2. The van der Waals surface area contributed by atoms with Crippen molar-refractivity contribution in [1.29, 1.82) is 0 Å². The zero-order valence-corrected chi connectivity index (χ0v) is 15.5. The van der Waals surface area contributed by atoms with Gasteiger partial charge < -0.3 is 15.4 Å². The second kappa shape index (κ2) is 8.42. The zero-order valence-electron chi connectivity index (χ0n) is 15.5. The van der Waals surface area contributed by atoms with E-state index in [9.17, 15) is 22.8 Å². The second-order valence-corrected chi connectivity index (χ2v) is 7.34. The summed E-state index contributed by atoms with van der Waals surface area (Å²) in [6.07, 6.45) is -5.44. The van der Waals surface area contributed by atoms with Gasteiger partial charge in [0.1, 0.15) is 11.6 Å². The summed E-state index contributed by atoms with van der Waals surface area (Å²) in [7, 11) is 0. The number of ether oxygens (including phenoxy) is 1. The van der Waals surface area contributed by atoms with E-state index in [-0.39, 0.29) is 11.5 Å². The van der Waals surface area contributed by atoms with Crippen LogP contribution in [0.5, 0.6) is 0 Å². The van der Waals surface area contributed by atoms with Gasteiger partial charge in [-0.25, -0.2) is 4.79 Å². The Morgan fingerprint density at radius 2 is 1.77 bits per heavy atom. The topological polar surface area (TPSA) is 67.4 Å². The van der Waals surface area contributed by atoms with Crippen LogP contribution in [-0.2, 0) is 15.7 Å². The minimum Gasteiger partial charge on any atom is -0.444 e. The number of benzene rings is 1. The Kier molecular flexibility index (Phi) is 7.06. The molecule has 1 aromatic rings. The highest BCUT2D eigenvalue weighted by Gasteiger charge is 2.32. The average Bonchev–Trinajstić information content (AvgIpc) is 2.47. The fourth-order valence-corrected chi connectivity index (χ4v) is 2.03.